The van der Waals surface area contributed by atoms with Gasteiger partial charge in [0.25, 0.3) is 0 Å². The molecule has 2 N–H and O–H groups in total. The van der Waals surface area contributed by atoms with Crippen LogP contribution in [0.4, 0.5) is 0 Å². The average molecular weight is 259 g/mol. The van der Waals surface area contributed by atoms with E-state index in [1.807, 2.05) is 4.90 Å². The van der Waals surface area contributed by atoms with Crippen molar-refractivity contribution in [3.63, 3.8) is 0 Å². The summed E-state index contributed by atoms with van der Waals surface area (Å²) >= 11 is 0. The van der Waals surface area contributed by atoms with Crippen molar-refractivity contribution in [2.45, 2.75) is 25.9 Å². The number of hydrogen-bond acceptors (Lipinski definition) is 3. The van der Waals surface area contributed by atoms with E-state index >= 15 is 0 Å². The van der Waals surface area contributed by atoms with Crippen LogP contribution >= 0.6 is 0 Å². The lowest BCUT2D eigenvalue weighted by atomic mass is 9.99. The molecule has 0 saturated carbocycles. The van der Waals surface area contributed by atoms with Gasteiger partial charge in [0.15, 0.2) is 0 Å². The highest BCUT2D eigenvalue weighted by atomic mass is 16.2. The average Bonchev–Trinajstić information content (AvgIpc) is 2.94. The zero-order valence-electron chi connectivity index (χ0n) is 11.2. The number of hydrogen-bond donors (Lipinski definition) is 2. The number of carbonyl (C=O) groups is 1. The van der Waals surface area contributed by atoms with Gasteiger partial charge in [-0.05, 0) is 23.1 Å². The van der Waals surface area contributed by atoms with Gasteiger partial charge in [-0.2, -0.15) is 0 Å². The number of fused-ring (bicyclic) bond motifs is 1. The Labute approximate surface area is 114 Å². The van der Waals surface area contributed by atoms with Gasteiger partial charge in [0, 0.05) is 45.7 Å². The van der Waals surface area contributed by atoms with Crippen LogP contribution < -0.4 is 10.6 Å². The van der Waals surface area contributed by atoms with Crippen molar-refractivity contribution in [3.05, 3.63) is 34.9 Å². The Morgan fingerprint density at radius 2 is 2.00 bits per heavy atom. The molecule has 2 aliphatic rings. The lowest BCUT2D eigenvalue weighted by Gasteiger charge is -2.27. The number of amides is 1. The first-order chi connectivity index (χ1) is 9.34. The molecule has 1 saturated heterocycles. The molecule has 0 spiro atoms. The van der Waals surface area contributed by atoms with E-state index in [1.165, 1.54) is 16.7 Å². The zero-order chi connectivity index (χ0) is 13.1. The molecule has 0 bridgehead atoms. The van der Waals surface area contributed by atoms with Crippen LogP contribution in [-0.2, 0) is 24.3 Å². The standard InChI is InChI=1S/C15H21N3O/c19-15(18-8-6-16-7-9-18)5-4-12-2-1-3-13-10-17-11-14(12)13/h1-3,16-17H,4-11H2. The number of piperazine rings is 1. The van der Waals surface area contributed by atoms with Crippen molar-refractivity contribution < 1.29 is 4.79 Å². The summed E-state index contributed by atoms with van der Waals surface area (Å²) in [7, 11) is 0. The summed E-state index contributed by atoms with van der Waals surface area (Å²) in [6, 6.07) is 6.45. The fraction of sp³-hybridized carbons (Fsp3) is 0.533. The number of benzene rings is 1. The molecular formula is C15H21N3O. The number of nitrogens with one attached hydrogen (secondary N) is 2. The van der Waals surface area contributed by atoms with E-state index in [4.69, 9.17) is 0 Å². The Balaban J connectivity index is 1.60. The van der Waals surface area contributed by atoms with Crippen molar-refractivity contribution in [2.24, 2.45) is 0 Å². The Morgan fingerprint density at radius 1 is 1.16 bits per heavy atom. The molecule has 1 amide bonds. The minimum Gasteiger partial charge on any atom is -0.340 e. The molecule has 1 aromatic rings. The van der Waals surface area contributed by atoms with E-state index in [0.29, 0.717) is 12.3 Å². The Kier molecular flexibility index (Phi) is 3.80. The molecule has 2 aliphatic heterocycles. The smallest absolute Gasteiger partial charge is 0.222 e. The van der Waals surface area contributed by atoms with Gasteiger partial charge in [-0.3, -0.25) is 4.79 Å². The Morgan fingerprint density at radius 3 is 2.84 bits per heavy atom. The van der Waals surface area contributed by atoms with Gasteiger partial charge in [-0.1, -0.05) is 18.2 Å². The minimum absolute atomic E-state index is 0.296. The van der Waals surface area contributed by atoms with Crippen LogP contribution in [0.5, 0.6) is 0 Å². The summed E-state index contributed by atoms with van der Waals surface area (Å²) in [4.78, 5) is 14.1. The molecule has 0 unspecified atom stereocenters. The third-order valence-corrected chi connectivity index (χ3v) is 4.07. The van der Waals surface area contributed by atoms with Crippen LogP contribution in [0.25, 0.3) is 0 Å². The summed E-state index contributed by atoms with van der Waals surface area (Å²) in [5.74, 6) is 0.296. The molecule has 3 rings (SSSR count). The predicted molar refractivity (Wildman–Crippen MR) is 74.8 cm³/mol. The third-order valence-electron chi connectivity index (χ3n) is 4.07. The van der Waals surface area contributed by atoms with Crippen molar-refractivity contribution >= 4 is 5.91 Å². The van der Waals surface area contributed by atoms with Crippen LogP contribution in [0.3, 0.4) is 0 Å². The number of carbonyl (C=O) groups excluding carboxylic acids is 1. The highest BCUT2D eigenvalue weighted by Crippen LogP contribution is 2.21. The first-order valence-electron chi connectivity index (χ1n) is 7.13. The van der Waals surface area contributed by atoms with E-state index in [0.717, 1.165) is 45.7 Å². The van der Waals surface area contributed by atoms with Gasteiger partial charge >= 0.3 is 0 Å². The van der Waals surface area contributed by atoms with Crippen molar-refractivity contribution in [2.75, 3.05) is 26.2 Å². The second-order valence-electron chi connectivity index (χ2n) is 5.29. The summed E-state index contributed by atoms with van der Waals surface area (Å²) in [5.41, 5.74) is 4.15. The van der Waals surface area contributed by atoms with E-state index in [-0.39, 0.29) is 0 Å². The van der Waals surface area contributed by atoms with Gasteiger partial charge in [0.1, 0.15) is 0 Å². The molecule has 102 valence electrons. The quantitative estimate of drug-likeness (QED) is 0.838. The van der Waals surface area contributed by atoms with Crippen LogP contribution in [-0.4, -0.2) is 37.0 Å². The molecule has 0 aromatic heterocycles. The number of nitrogens with zero attached hydrogens (tertiary/aromatic N) is 1. The fourth-order valence-corrected chi connectivity index (χ4v) is 2.95. The summed E-state index contributed by atoms with van der Waals surface area (Å²) in [5, 5.41) is 6.65. The number of rotatable bonds is 3. The predicted octanol–water partition coefficient (Wildman–Crippen LogP) is 0.654. The lowest BCUT2D eigenvalue weighted by Crippen LogP contribution is -2.46. The molecule has 1 aromatic carbocycles. The molecule has 4 nitrogen and oxygen atoms in total. The minimum atomic E-state index is 0.296. The Bertz CT molecular complexity index is 466. The summed E-state index contributed by atoms with van der Waals surface area (Å²) in [6.45, 7) is 5.48. The van der Waals surface area contributed by atoms with Crippen LogP contribution in [0.1, 0.15) is 23.1 Å². The maximum atomic E-state index is 12.2. The van der Waals surface area contributed by atoms with Crippen LogP contribution in [0.15, 0.2) is 18.2 Å². The third kappa shape index (κ3) is 2.80. The second-order valence-corrected chi connectivity index (χ2v) is 5.29. The van der Waals surface area contributed by atoms with Gasteiger partial charge in [0.2, 0.25) is 5.91 Å². The maximum Gasteiger partial charge on any atom is 0.222 e. The second kappa shape index (κ2) is 5.72. The fourth-order valence-electron chi connectivity index (χ4n) is 2.95. The van der Waals surface area contributed by atoms with Gasteiger partial charge in [-0.25, -0.2) is 0 Å². The first-order valence-corrected chi connectivity index (χ1v) is 7.13. The van der Waals surface area contributed by atoms with Crippen molar-refractivity contribution in [1.29, 1.82) is 0 Å². The van der Waals surface area contributed by atoms with E-state index < -0.39 is 0 Å². The molecule has 0 radical (unpaired) electrons. The van der Waals surface area contributed by atoms with Crippen molar-refractivity contribution in [3.8, 4) is 0 Å². The molecule has 0 aliphatic carbocycles. The number of aryl methyl sites for hydroxylation is 1. The normalized spacial score (nSPS) is 18.4. The SMILES string of the molecule is O=C(CCc1cccc2c1CNC2)N1CCNCC1. The van der Waals surface area contributed by atoms with Gasteiger partial charge < -0.3 is 15.5 Å². The van der Waals surface area contributed by atoms with E-state index in [2.05, 4.69) is 28.8 Å². The maximum absolute atomic E-state index is 12.2. The molecular weight excluding hydrogens is 238 g/mol. The van der Waals surface area contributed by atoms with Gasteiger partial charge in [0.05, 0.1) is 0 Å². The molecule has 2 heterocycles. The molecule has 19 heavy (non-hydrogen) atoms. The molecule has 1 fully saturated rings. The van der Waals surface area contributed by atoms with Crippen LogP contribution in [0.2, 0.25) is 0 Å². The van der Waals surface area contributed by atoms with Gasteiger partial charge in [-0.15, -0.1) is 0 Å². The lowest BCUT2D eigenvalue weighted by molar-refractivity contribution is -0.131. The zero-order valence-corrected chi connectivity index (χ0v) is 11.2. The highest BCUT2D eigenvalue weighted by Gasteiger charge is 2.18. The van der Waals surface area contributed by atoms with E-state index in [1.54, 1.807) is 0 Å². The topological polar surface area (TPSA) is 44.4 Å². The highest BCUT2D eigenvalue weighted by molar-refractivity contribution is 5.76. The van der Waals surface area contributed by atoms with Crippen LogP contribution in [0, 0.1) is 0 Å². The Hall–Kier alpha value is -1.39. The summed E-state index contributed by atoms with van der Waals surface area (Å²) in [6.07, 6.45) is 1.50. The molecule has 4 heteroatoms. The largest absolute Gasteiger partial charge is 0.340 e. The van der Waals surface area contributed by atoms with E-state index in [9.17, 15) is 4.79 Å². The summed E-state index contributed by atoms with van der Waals surface area (Å²) < 4.78 is 0. The first kappa shape index (κ1) is 12.6. The van der Waals surface area contributed by atoms with Crippen molar-refractivity contribution in [1.82, 2.24) is 15.5 Å². The monoisotopic (exact) mass is 259 g/mol. The molecule has 0 atom stereocenters.